The molecule has 3 N–H and O–H groups in total. The highest BCUT2D eigenvalue weighted by Crippen LogP contribution is 2.49. The van der Waals surface area contributed by atoms with Crippen molar-refractivity contribution in [3.8, 4) is 18.1 Å². The van der Waals surface area contributed by atoms with Crippen molar-refractivity contribution < 1.29 is 55.3 Å². The van der Waals surface area contributed by atoms with Crippen LogP contribution in [0.3, 0.4) is 0 Å². The van der Waals surface area contributed by atoms with E-state index < -0.39 is 80.7 Å². The SMILES string of the molecule is C#C[C@]1(CO[P@@](=O)(N[C@@H](Cc2cc(F)cc(F)c2)C(=O)OC(C)C)Oc2ccccc2)O[C@@H](n2cnc3c(N)nc(F)nc32)C[C@@H]1OC(=O)OCCCCCCCC. The van der Waals surface area contributed by atoms with Gasteiger partial charge in [-0.3, -0.25) is 13.9 Å². The van der Waals surface area contributed by atoms with Crippen molar-refractivity contribution in [3.05, 3.63) is 78.1 Å². The lowest BCUT2D eigenvalue weighted by Gasteiger charge is -2.31. The highest BCUT2D eigenvalue weighted by atomic mass is 31.2. The molecule has 4 aromatic rings. The van der Waals surface area contributed by atoms with Gasteiger partial charge in [0.25, 0.3) is 0 Å². The van der Waals surface area contributed by atoms with Gasteiger partial charge in [0.1, 0.15) is 36.3 Å². The Labute approximate surface area is 333 Å². The number of unbranched alkanes of at least 4 members (excludes halogenated alkanes) is 5. The number of rotatable bonds is 20. The van der Waals surface area contributed by atoms with Crippen molar-refractivity contribution in [3.63, 3.8) is 0 Å². The summed E-state index contributed by atoms with van der Waals surface area (Å²) in [5.41, 5.74) is 3.84. The monoisotopic (exact) mass is 830 g/mol. The molecule has 2 aromatic heterocycles. The van der Waals surface area contributed by atoms with Crippen LogP contribution in [0.25, 0.3) is 11.2 Å². The van der Waals surface area contributed by atoms with Gasteiger partial charge in [0.2, 0.25) is 0 Å². The van der Waals surface area contributed by atoms with E-state index in [4.69, 9.17) is 40.2 Å². The van der Waals surface area contributed by atoms with Gasteiger partial charge in [0.05, 0.1) is 19.0 Å². The van der Waals surface area contributed by atoms with Gasteiger partial charge in [-0.15, -0.1) is 6.42 Å². The number of imidazole rings is 1. The van der Waals surface area contributed by atoms with Gasteiger partial charge >= 0.3 is 25.9 Å². The van der Waals surface area contributed by atoms with E-state index >= 15 is 0 Å². The Morgan fingerprint density at radius 2 is 1.79 bits per heavy atom. The molecule has 1 saturated heterocycles. The lowest BCUT2D eigenvalue weighted by molar-refractivity contribution is -0.149. The minimum Gasteiger partial charge on any atom is -0.462 e. The van der Waals surface area contributed by atoms with Crippen LogP contribution in [0.1, 0.15) is 77.5 Å². The summed E-state index contributed by atoms with van der Waals surface area (Å²) in [6, 6.07) is 8.87. The average Bonchev–Trinajstić information content (AvgIpc) is 3.75. The van der Waals surface area contributed by atoms with Gasteiger partial charge in [-0.25, -0.2) is 23.1 Å². The smallest absolute Gasteiger partial charge is 0.462 e. The number of ether oxygens (including phenoxy) is 4. The van der Waals surface area contributed by atoms with Crippen LogP contribution in [0, 0.1) is 30.1 Å². The number of fused-ring (bicyclic) bond motifs is 1. The second kappa shape index (κ2) is 20.0. The Kier molecular flexibility index (Phi) is 15.1. The first kappa shape index (κ1) is 43.9. The Hall–Kier alpha value is -5.21. The summed E-state index contributed by atoms with van der Waals surface area (Å²) in [6.07, 6.45) is 7.04. The number of terminal acetylenes is 1. The second-order valence-corrected chi connectivity index (χ2v) is 15.5. The third-order valence-electron chi connectivity index (χ3n) is 8.94. The summed E-state index contributed by atoms with van der Waals surface area (Å²) in [5.74, 6) is -0.518. The van der Waals surface area contributed by atoms with Gasteiger partial charge in [-0.05, 0) is 56.5 Å². The van der Waals surface area contributed by atoms with Gasteiger partial charge in [-0.2, -0.15) is 19.4 Å². The normalized spacial score (nSPS) is 19.3. The van der Waals surface area contributed by atoms with Crippen molar-refractivity contribution in [1.82, 2.24) is 24.6 Å². The van der Waals surface area contributed by atoms with E-state index in [0.29, 0.717) is 12.5 Å². The molecule has 0 spiro atoms. The average molecular weight is 831 g/mol. The van der Waals surface area contributed by atoms with Gasteiger partial charge in [0, 0.05) is 12.5 Å². The summed E-state index contributed by atoms with van der Waals surface area (Å²) in [4.78, 5) is 38.0. The fourth-order valence-corrected chi connectivity index (χ4v) is 7.72. The molecule has 0 radical (unpaired) electrons. The van der Waals surface area contributed by atoms with Crippen LogP contribution >= 0.6 is 7.75 Å². The molecule has 0 aliphatic carbocycles. The number of nitrogens with one attached hydrogen (secondary N) is 1. The molecular formula is C39H46F3N6O9P. The molecule has 1 fully saturated rings. The first-order chi connectivity index (χ1) is 27.7. The van der Waals surface area contributed by atoms with Crippen LogP contribution in [0.5, 0.6) is 5.75 Å². The van der Waals surface area contributed by atoms with Crippen molar-refractivity contribution in [2.75, 3.05) is 18.9 Å². The maximum absolute atomic E-state index is 14.8. The molecule has 19 heteroatoms. The van der Waals surface area contributed by atoms with E-state index in [2.05, 4.69) is 32.9 Å². The zero-order valence-corrected chi connectivity index (χ0v) is 33.2. The number of carbonyl (C=O) groups excluding carboxylic acids is 2. The first-order valence-electron chi connectivity index (χ1n) is 18.8. The van der Waals surface area contributed by atoms with Crippen molar-refractivity contribution >= 4 is 36.9 Å². The lowest BCUT2D eigenvalue weighted by Crippen LogP contribution is -2.46. The fraction of sp³-hybridized carbons (Fsp3) is 0.462. The highest BCUT2D eigenvalue weighted by Gasteiger charge is 2.53. The van der Waals surface area contributed by atoms with Crippen LogP contribution in [0.2, 0.25) is 0 Å². The summed E-state index contributed by atoms with van der Waals surface area (Å²) in [6.45, 7) is 4.52. The van der Waals surface area contributed by atoms with Gasteiger partial charge < -0.3 is 29.2 Å². The minimum atomic E-state index is -4.78. The third-order valence-corrected chi connectivity index (χ3v) is 10.5. The molecule has 2 aromatic carbocycles. The quantitative estimate of drug-likeness (QED) is 0.0296. The predicted molar refractivity (Wildman–Crippen MR) is 204 cm³/mol. The first-order valence-corrected chi connectivity index (χ1v) is 20.3. The maximum atomic E-state index is 14.8. The standard InChI is InChI=1S/C39H46F3N6O9P/c1-5-7-8-9-10-14-17-52-38(50)55-31-22-32(48-24-44-33-34(43)45-37(42)46-35(33)48)56-39(31,6-2)23-53-58(51,57-29-15-12-11-13-16-29)47-30(36(49)54-25(3)4)20-26-18-27(40)21-28(41)19-26/h2,11-13,15-16,18-19,21,24-25,30-32H,5,7-10,14,17,20,22-23H2,1,3-4H3,(H,47,51)(H2,43,45,46)/t30-,31-,32+,39+,58-/m0/s1. The molecule has 58 heavy (non-hydrogen) atoms. The summed E-state index contributed by atoms with van der Waals surface area (Å²) >= 11 is 0. The molecule has 0 amide bonds. The van der Waals surface area contributed by atoms with Crippen LogP contribution < -0.4 is 15.3 Å². The van der Waals surface area contributed by atoms with Crippen molar-refractivity contribution in [2.24, 2.45) is 0 Å². The number of anilines is 1. The second-order valence-electron chi connectivity index (χ2n) is 13.8. The summed E-state index contributed by atoms with van der Waals surface area (Å²) in [5, 5.41) is 2.57. The summed E-state index contributed by atoms with van der Waals surface area (Å²) in [7, 11) is -4.78. The molecule has 5 rings (SSSR count). The minimum absolute atomic E-state index is 0.0189. The Bertz CT molecular complexity index is 2100. The molecule has 15 nitrogen and oxygen atoms in total. The summed E-state index contributed by atoms with van der Waals surface area (Å²) < 4.78 is 93.5. The molecule has 5 atom stereocenters. The molecule has 1 aliphatic heterocycles. The number of nitrogens with two attached hydrogens (primary N) is 1. The van der Waals surface area contributed by atoms with Crippen LogP contribution in [0.4, 0.5) is 23.8 Å². The largest absolute Gasteiger partial charge is 0.508 e. The topological polar surface area (TPSA) is 188 Å². The number of halogens is 3. The number of nitrogen functional groups attached to an aromatic ring is 1. The number of nitrogens with zero attached hydrogens (tertiary/aromatic N) is 4. The number of esters is 1. The number of para-hydroxylation sites is 1. The lowest BCUT2D eigenvalue weighted by atomic mass is 9.99. The van der Waals surface area contributed by atoms with Crippen molar-refractivity contribution in [2.45, 2.75) is 102 Å². The van der Waals surface area contributed by atoms with Gasteiger partial charge in [0.15, 0.2) is 28.7 Å². The zero-order chi connectivity index (χ0) is 41.9. The van der Waals surface area contributed by atoms with E-state index in [1.54, 1.807) is 32.0 Å². The number of carbonyl (C=O) groups is 2. The molecule has 0 saturated carbocycles. The Balaban J connectivity index is 1.45. The predicted octanol–water partition coefficient (Wildman–Crippen LogP) is 7.36. The molecular weight excluding hydrogens is 784 g/mol. The Morgan fingerprint density at radius 3 is 2.48 bits per heavy atom. The molecule has 312 valence electrons. The van der Waals surface area contributed by atoms with E-state index in [9.17, 15) is 27.3 Å². The van der Waals surface area contributed by atoms with Crippen LogP contribution in [0.15, 0.2) is 54.9 Å². The molecule has 1 aliphatic rings. The fourth-order valence-electron chi connectivity index (χ4n) is 6.20. The van der Waals surface area contributed by atoms with Crippen LogP contribution in [-0.2, 0) is 39.3 Å². The highest BCUT2D eigenvalue weighted by molar-refractivity contribution is 7.52. The molecule has 3 heterocycles. The number of aromatic nitrogens is 4. The van der Waals surface area contributed by atoms with E-state index in [1.807, 2.05) is 0 Å². The third kappa shape index (κ3) is 11.7. The number of hydrogen-bond donors (Lipinski definition) is 2. The number of hydrogen-bond acceptors (Lipinski definition) is 13. The van der Waals surface area contributed by atoms with E-state index in [1.165, 1.54) is 23.0 Å². The van der Waals surface area contributed by atoms with E-state index in [-0.39, 0.29) is 41.3 Å². The maximum Gasteiger partial charge on any atom is 0.508 e. The van der Waals surface area contributed by atoms with Crippen molar-refractivity contribution in [1.29, 1.82) is 0 Å². The Morgan fingerprint density at radius 1 is 1.09 bits per heavy atom. The zero-order valence-electron chi connectivity index (χ0n) is 32.3. The van der Waals surface area contributed by atoms with Crippen LogP contribution in [-0.4, -0.2) is 68.7 Å². The molecule has 0 bridgehead atoms. The van der Waals surface area contributed by atoms with Gasteiger partial charge in [-0.1, -0.05) is 63.1 Å². The number of benzene rings is 2. The van der Waals surface area contributed by atoms with E-state index in [0.717, 1.165) is 44.2 Å². The molecule has 0 unspecified atom stereocenters.